The van der Waals surface area contributed by atoms with E-state index in [1.165, 1.54) is 0 Å². The van der Waals surface area contributed by atoms with E-state index < -0.39 is 6.17 Å². The summed E-state index contributed by atoms with van der Waals surface area (Å²) in [5.74, 6) is 0.673. The number of carbonyl (C=O) groups excluding carboxylic acids is 1. The van der Waals surface area contributed by atoms with E-state index in [1.54, 1.807) is 23.2 Å². The first-order valence-electron chi connectivity index (χ1n) is 9.12. The largest absolute Gasteiger partial charge is 0.494 e. The summed E-state index contributed by atoms with van der Waals surface area (Å²) in [6.45, 7) is 4.48. The Hall–Kier alpha value is -3.05. The van der Waals surface area contributed by atoms with Crippen molar-refractivity contribution in [1.82, 2.24) is 4.98 Å². The fraction of sp³-hybridized carbons (Fsp3) is 0.182. The van der Waals surface area contributed by atoms with Gasteiger partial charge in [-0.05, 0) is 67.9 Å². The number of aromatic nitrogens is 1. The Morgan fingerprint density at radius 2 is 1.96 bits per heavy atom. The third kappa shape index (κ3) is 3.29. The molecule has 0 saturated carbocycles. The summed E-state index contributed by atoms with van der Waals surface area (Å²) in [7, 11) is 0. The Labute approximate surface area is 168 Å². The summed E-state index contributed by atoms with van der Waals surface area (Å²) >= 11 is 6.28. The summed E-state index contributed by atoms with van der Waals surface area (Å²) in [4.78, 5) is 19.3. The molecule has 3 aromatic rings. The van der Waals surface area contributed by atoms with Crippen LogP contribution in [0.5, 0.6) is 5.75 Å². The van der Waals surface area contributed by atoms with Crippen LogP contribution in [0, 0.1) is 6.92 Å². The molecule has 0 spiro atoms. The van der Waals surface area contributed by atoms with E-state index in [0.717, 1.165) is 22.7 Å². The van der Waals surface area contributed by atoms with E-state index in [9.17, 15) is 4.79 Å². The first-order chi connectivity index (χ1) is 13.6. The van der Waals surface area contributed by atoms with Gasteiger partial charge in [-0.15, -0.1) is 0 Å². The maximum Gasteiger partial charge on any atom is 0.262 e. The number of nitrogens with zero attached hydrogens (tertiary/aromatic N) is 2. The number of hydrogen-bond acceptors (Lipinski definition) is 4. The third-order valence-corrected chi connectivity index (χ3v) is 5.11. The predicted octanol–water partition coefficient (Wildman–Crippen LogP) is 5.21. The number of amides is 1. The number of rotatable bonds is 5. The van der Waals surface area contributed by atoms with Gasteiger partial charge in [-0.2, -0.15) is 0 Å². The number of fused-ring (bicyclic) bond motifs is 1. The molecule has 1 aliphatic rings. The van der Waals surface area contributed by atoms with Gasteiger partial charge in [0.25, 0.3) is 5.91 Å². The minimum Gasteiger partial charge on any atom is -0.494 e. The standard InChI is InChI=1S/C22H20ClN3O2/c1-3-28-17-10-8-16(9-11-17)26-21(20-18(22(26)27)5-4-12-24-20)25-15-7-6-14(2)19(23)13-15/h4-13,21,25H,3H2,1-2H3/t21-/m1/s1. The van der Waals surface area contributed by atoms with Crippen LogP contribution < -0.4 is 15.0 Å². The van der Waals surface area contributed by atoms with E-state index in [1.807, 2.05) is 56.3 Å². The number of pyridine rings is 1. The molecule has 142 valence electrons. The zero-order valence-corrected chi connectivity index (χ0v) is 16.4. The zero-order valence-electron chi connectivity index (χ0n) is 15.6. The lowest BCUT2D eigenvalue weighted by atomic mass is 10.2. The van der Waals surface area contributed by atoms with Crippen LogP contribution >= 0.6 is 11.6 Å². The summed E-state index contributed by atoms with van der Waals surface area (Å²) in [5, 5.41) is 4.08. The smallest absolute Gasteiger partial charge is 0.262 e. The van der Waals surface area contributed by atoms with Gasteiger partial charge in [0.15, 0.2) is 6.17 Å². The van der Waals surface area contributed by atoms with Crippen molar-refractivity contribution < 1.29 is 9.53 Å². The molecule has 0 saturated heterocycles. The van der Waals surface area contributed by atoms with Gasteiger partial charge in [-0.1, -0.05) is 17.7 Å². The van der Waals surface area contributed by atoms with Gasteiger partial charge in [-0.3, -0.25) is 14.7 Å². The lowest BCUT2D eigenvalue weighted by Crippen LogP contribution is -2.32. The molecule has 2 aromatic carbocycles. The molecule has 1 amide bonds. The number of carbonyl (C=O) groups is 1. The average molecular weight is 394 g/mol. The van der Waals surface area contributed by atoms with Crippen LogP contribution in [0.3, 0.4) is 0 Å². The SMILES string of the molecule is CCOc1ccc(N2C(=O)c3cccnc3[C@@H]2Nc2ccc(C)c(Cl)c2)cc1. The molecular formula is C22H20ClN3O2. The molecule has 1 N–H and O–H groups in total. The number of ether oxygens (including phenoxy) is 1. The van der Waals surface area contributed by atoms with Gasteiger partial charge in [0, 0.05) is 22.6 Å². The number of benzene rings is 2. The highest BCUT2D eigenvalue weighted by Crippen LogP contribution is 2.37. The van der Waals surface area contributed by atoms with Crippen molar-refractivity contribution in [2.45, 2.75) is 20.0 Å². The van der Waals surface area contributed by atoms with Gasteiger partial charge in [-0.25, -0.2) is 0 Å². The van der Waals surface area contributed by atoms with Gasteiger partial charge < -0.3 is 10.1 Å². The number of aryl methyl sites for hydroxylation is 1. The Morgan fingerprint density at radius 3 is 2.68 bits per heavy atom. The highest BCUT2D eigenvalue weighted by atomic mass is 35.5. The second-order valence-corrected chi connectivity index (χ2v) is 6.96. The molecule has 28 heavy (non-hydrogen) atoms. The van der Waals surface area contributed by atoms with Crippen LogP contribution in [-0.4, -0.2) is 17.5 Å². The molecule has 6 heteroatoms. The van der Waals surface area contributed by atoms with Crippen molar-refractivity contribution in [2.24, 2.45) is 0 Å². The maximum atomic E-state index is 13.1. The lowest BCUT2D eigenvalue weighted by Gasteiger charge is -2.27. The van der Waals surface area contributed by atoms with E-state index in [2.05, 4.69) is 10.3 Å². The van der Waals surface area contributed by atoms with E-state index in [4.69, 9.17) is 16.3 Å². The van der Waals surface area contributed by atoms with Crippen LogP contribution in [0.4, 0.5) is 11.4 Å². The highest BCUT2D eigenvalue weighted by Gasteiger charge is 2.39. The number of halogens is 1. The van der Waals surface area contributed by atoms with Crippen LogP contribution in [0.15, 0.2) is 60.8 Å². The van der Waals surface area contributed by atoms with Crippen LogP contribution in [0.1, 0.15) is 34.7 Å². The minimum atomic E-state index is -0.430. The highest BCUT2D eigenvalue weighted by molar-refractivity contribution is 6.31. The van der Waals surface area contributed by atoms with Crippen molar-refractivity contribution in [3.8, 4) is 5.75 Å². The second-order valence-electron chi connectivity index (χ2n) is 6.55. The summed E-state index contributed by atoms with van der Waals surface area (Å²) in [6.07, 6.45) is 1.27. The first-order valence-corrected chi connectivity index (χ1v) is 9.50. The summed E-state index contributed by atoms with van der Waals surface area (Å²) in [6, 6.07) is 16.8. The molecule has 0 bridgehead atoms. The molecule has 2 heterocycles. The van der Waals surface area contributed by atoms with Gasteiger partial charge in [0.2, 0.25) is 0 Å². The molecule has 5 nitrogen and oxygen atoms in total. The molecule has 1 aromatic heterocycles. The quantitative estimate of drug-likeness (QED) is 0.646. The Kier molecular flexibility index (Phi) is 4.92. The predicted molar refractivity (Wildman–Crippen MR) is 111 cm³/mol. The third-order valence-electron chi connectivity index (χ3n) is 4.71. The maximum absolute atomic E-state index is 13.1. The van der Waals surface area contributed by atoms with E-state index >= 15 is 0 Å². The normalized spacial score (nSPS) is 15.5. The van der Waals surface area contributed by atoms with E-state index in [0.29, 0.717) is 22.9 Å². The number of anilines is 2. The molecule has 1 atom stereocenters. The average Bonchev–Trinajstić information content (AvgIpc) is 2.98. The first kappa shape index (κ1) is 18.3. The molecule has 0 radical (unpaired) electrons. The van der Waals surface area contributed by atoms with Crippen LogP contribution in [0.25, 0.3) is 0 Å². The molecular weight excluding hydrogens is 374 g/mol. The van der Waals surface area contributed by atoms with Crippen molar-refractivity contribution in [1.29, 1.82) is 0 Å². The molecule has 0 aliphatic carbocycles. The Balaban J connectivity index is 1.72. The number of hydrogen-bond donors (Lipinski definition) is 1. The monoisotopic (exact) mass is 393 g/mol. The van der Waals surface area contributed by atoms with E-state index in [-0.39, 0.29) is 5.91 Å². The lowest BCUT2D eigenvalue weighted by molar-refractivity contribution is 0.0993. The topological polar surface area (TPSA) is 54.5 Å². The summed E-state index contributed by atoms with van der Waals surface area (Å²) in [5.41, 5.74) is 3.87. The molecule has 0 fully saturated rings. The van der Waals surface area contributed by atoms with Crippen molar-refractivity contribution in [3.63, 3.8) is 0 Å². The fourth-order valence-corrected chi connectivity index (χ4v) is 3.48. The molecule has 0 unspecified atom stereocenters. The van der Waals surface area contributed by atoms with Crippen LogP contribution in [0.2, 0.25) is 5.02 Å². The van der Waals surface area contributed by atoms with Crippen molar-refractivity contribution in [2.75, 3.05) is 16.8 Å². The van der Waals surface area contributed by atoms with Gasteiger partial charge in [0.1, 0.15) is 5.75 Å². The summed E-state index contributed by atoms with van der Waals surface area (Å²) < 4.78 is 5.51. The van der Waals surface area contributed by atoms with Gasteiger partial charge >= 0.3 is 0 Å². The van der Waals surface area contributed by atoms with Crippen molar-refractivity contribution in [3.05, 3.63) is 82.6 Å². The molecule has 4 rings (SSSR count). The Morgan fingerprint density at radius 1 is 1.18 bits per heavy atom. The zero-order chi connectivity index (χ0) is 19.7. The fourth-order valence-electron chi connectivity index (χ4n) is 3.29. The van der Waals surface area contributed by atoms with Crippen molar-refractivity contribution >= 4 is 28.9 Å². The number of nitrogens with one attached hydrogen (secondary N) is 1. The molecule has 1 aliphatic heterocycles. The van der Waals surface area contributed by atoms with Crippen LogP contribution in [-0.2, 0) is 0 Å². The second kappa shape index (κ2) is 7.52. The Bertz CT molecular complexity index is 1020. The van der Waals surface area contributed by atoms with Gasteiger partial charge in [0.05, 0.1) is 17.9 Å². The minimum absolute atomic E-state index is 0.0945.